The van der Waals surface area contributed by atoms with Crippen molar-refractivity contribution in [2.45, 2.75) is 172 Å². The van der Waals surface area contributed by atoms with Gasteiger partial charge < -0.3 is 75.8 Å². The maximum absolute atomic E-state index is 16.3. The highest BCUT2D eigenvalue weighted by atomic mass is 35.5. The molecule has 0 spiro atoms. The molecule has 0 atom stereocenters. The summed E-state index contributed by atoms with van der Waals surface area (Å²) >= 11 is 34.8. The zero-order valence-electron chi connectivity index (χ0n) is 80.1. The van der Waals surface area contributed by atoms with E-state index in [1.165, 1.54) is 174 Å². The van der Waals surface area contributed by atoms with Gasteiger partial charge in [0, 0.05) is 83.6 Å². The SMILES string of the molecule is CCCCOCC(C)(C)CC(=O)N(C(=O)/C(=N/N(C(=O)OC(C)(C)COCCOC)c1cc(C(=O)N(C(=O)OC(C)(C)COCCOC)c2cccc(Cl)c2C)ccc1Cl)C(C)=O)c1cc(Cl)c(N(C(=O)OC(C)(C)COCCOC)C(=O)/C(=N/N(C(=O)OC(C)(C)COCCOC)c2cc(C(=O)N(C(=O)OC(C)(C)COCCOC)c3cccc(Cl)c3C)ccc2Cl)C(C)=O)cc1C. The van der Waals surface area contributed by atoms with Crippen LogP contribution in [0.25, 0.3) is 0 Å². The number of halogens is 5. The number of benzene rings is 5. The van der Waals surface area contributed by atoms with E-state index in [0.717, 1.165) is 56.7 Å². The average molecular weight is 1980 g/mol. The molecule has 0 radical (unpaired) electrons. The minimum atomic E-state index is -1.73. The zero-order valence-corrected chi connectivity index (χ0v) is 83.9. The van der Waals surface area contributed by atoms with Crippen LogP contribution in [0.4, 0.5) is 58.1 Å². The number of hydrazone groups is 2. The van der Waals surface area contributed by atoms with Crippen molar-refractivity contribution in [2.24, 2.45) is 15.6 Å². The van der Waals surface area contributed by atoms with E-state index < -0.39 is 172 Å². The monoisotopic (exact) mass is 1970 g/mol. The van der Waals surface area contributed by atoms with Gasteiger partial charge in [-0.2, -0.15) is 20.2 Å². The first-order valence-electron chi connectivity index (χ1n) is 42.5. The molecule has 0 bridgehead atoms. The number of amides is 10. The van der Waals surface area contributed by atoms with Crippen LogP contribution in [0.15, 0.2) is 95.1 Å². The van der Waals surface area contributed by atoms with Gasteiger partial charge in [-0.25, -0.2) is 43.6 Å². The quantitative estimate of drug-likeness (QED) is 0.0115. The van der Waals surface area contributed by atoms with Crippen molar-refractivity contribution in [1.82, 2.24) is 0 Å². The van der Waals surface area contributed by atoms with Crippen LogP contribution < -0.4 is 29.6 Å². The average Bonchev–Trinajstić information content (AvgIpc) is 0.778. The van der Waals surface area contributed by atoms with Crippen molar-refractivity contribution in [3.05, 3.63) is 138 Å². The minimum Gasteiger partial charge on any atom is -0.440 e. The second-order valence-corrected chi connectivity index (χ2v) is 36.4. The summed E-state index contributed by atoms with van der Waals surface area (Å²) in [6, 6.07) is 17.3. The van der Waals surface area contributed by atoms with E-state index in [4.69, 9.17) is 134 Å². The second kappa shape index (κ2) is 53.1. The third-order valence-electron chi connectivity index (χ3n) is 19.0. The van der Waals surface area contributed by atoms with E-state index >= 15 is 38.4 Å². The van der Waals surface area contributed by atoms with Crippen molar-refractivity contribution in [1.29, 1.82) is 0 Å². The number of ether oxygens (including phenoxy) is 16. The summed E-state index contributed by atoms with van der Waals surface area (Å²) in [6.45, 7) is 25.6. The standard InChI is InChI=1S/C93H123Cl5N8O28/c1-24-25-36-124-52-88(7,8)51-76(109)101(81(112)77(61(5)107)99-105(86(117)133-92(15,16)56-128-45-40-122-22)74-48-63(32-34-67(74)96)79(110)102(70-30-26-28-65(94)59(70)3)83(114)130-89(9,10)53-125-42-37-119-19)72-50-69(98)73(47-58(72)2)104(85(116)132-91(13,14)55-127-44-39-121-21)82(113)78(62(6)108)100-106(87(118)134-93(17,18)57-129-46-41-123-23)75-49-64(33-35-68(75)97)80(111)103(71-31-27-29-66(95)60(71)4)84(115)131-90(11,12)54-126-43-38-120-20/h26-35,47-50H,24-25,36-46,51-57H2,1-23H3/b99-77+,100-78+. The van der Waals surface area contributed by atoms with Crippen LogP contribution in [-0.2, 0) is 99.8 Å². The zero-order chi connectivity index (χ0) is 101. The Balaban J connectivity index is 1.93. The molecule has 0 fully saturated rings. The number of nitrogens with zero attached hydrogens (tertiary/aromatic N) is 8. The predicted octanol–water partition coefficient (Wildman–Crippen LogP) is 17.4. The first-order valence-corrected chi connectivity index (χ1v) is 44.4. The highest BCUT2D eigenvalue weighted by Gasteiger charge is 2.44. The van der Waals surface area contributed by atoms with Gasteiger partial charge in [-0.15, -0.1) is 0 Å². The summed E-state index contributed by atoms with van der Waals surface area (Å²) in [6.07, 6.45) is -6.34. The number of rotatable bonds is 51. The summed E-state index contributed by atoms with van der Waals surface area (Å²) in [5.41, 5.74) is -14.6. The van der Waals surface area contributed by atoms with Crippen LogP contribution in [0.1, 0.15) is 161 Å². The maximum atomic E-state index is 16.3. The molecule has 738 valence electrons. The van der Waals surface area contributed by atoms with E-state index in [0.29, 0.717) is 31.1 Å². The number of carbonyl (C=O) groups excluding carboxylic acids is 12. The lowest BCUT2D eigenvalue weighted by atomic mass is 9.89. The number of imide groups is 4. The number of hydrogen-bond acceptors (Lipinski definition) is 30. The summed E-state index contributed by atoms with van der Waals surface area (Å²) < 4.78 is 90.4. The van der Waals surface area contributed by atoms with Crippen molar-refractivity contribution in [3.8, 4) is 0 Å². The first-order chi connectivity index (χ1) is 62.8. The Hall–Kier alpha value is -9.71. The molecule has 41 heteroatoms. The molecule has 134 heavy (non-hydrogen) atoms. The van der Waals surface area contributed by atoms with Gasteiger partial charge in [-0.3, -0.25) is 33.6 Å². The number of methoxy groups -OCH3 is 5. The van der Waals surface area contributed by atoms with Gasteiger partial charge in [-0.05, 0) is 191 Å². The van der Waals surface area contributed by atoms with E-state index in [-0.39, 0.29) is 155 Å². The number of unbranched alkanes of at least 4 members (excludes halogenated alkanes) is 1. The molecule has 5 aromatic rings. The van der Waals surface area contributed by atoms with Crippen LogP contribution in [0.5, 0.6) is 0 Å². The normalized spacial score (nSPS) is 12.2. The van der Waals surface area contributed by atoms with Gasteiger partial charge in [0.15, 0.2) is 23.0 Å². The topological polar surface area (TPSA) is 397 Å². The van der Waals surface area contributed by atoms with Crippen LogP contribution in [-0.4, -0.2) is 259 Å². The van der Waals surface area contributed by atoms with Gasteiger partial charge in [-0.1, -0.05) is 97.3 Å². The van der Waals surface area contributed by atoms with Crippen molar-refractivity contribution >= 4 is 175 Å². The molecule has 36 nitrogen and oxygen atoms in total. The Labute approximate surface area is 806 Å². The Morgan fingerprint density at radius 1 is 0.336 bits per heavy atom. The largest absolute Gasteiger partial charge is 0.440 e. The predicted molar refractivity (Wildman–Crippen MR) is 507 cm³/mol. The number of aryl methyl sites for hydroxylation is 1. The lowest BCUT2D eigenvalue weighted by Crippen LogP contribution is -2.49. The van der Waals surface area contributed by atoms with Crippen LogP contribution in [0, 0.1) is 26.2 Å². The molecule has 0 aromatic heterocycles. The number of anilines is 6. The third-order valence-corrected chi connectivity index (χ3v) is 20.7. The Morgan fingerprint density at radius 3 is 0.985 bits per heavy atom. The fourth-order valence-electron chi connectivity index (χ4n) is 12.2. The molecule has 5 aromatic carbocycles. The molecule has 0 aliphatic rings. The highest BCUT2D eigenvalue weighted by molar-refractivity contribution is 6.70. The molecular formula is C93H123Cl5N8O28. The molecule has 0 aliphatic carbocycles. The molecular weight excluding hydrogens is 1850 g/mol. The lowest BCUT2D eigenvalue weighted by Gasteiger charge is -2.32. The maximum Gasteiger partial charge on any atom is 0.435 e. The first kappa shape index (κ1) is 115. The summed E-state index contributed by atoms with van der Waals surface area (Å²) in [4.78, 5) is 187. The highest BCUT2D eigenvalue weighted by Crippen LogP contribution is 2.41. The number of hydrogen-bond donors (Lipinski definition) is 0. The summed E-state index contributed by atoms with van der Waals surface area (Å²) in [7, 11) is 7.22. The number of Topliss-reactive ketones (excluding diaryl/α,β-unsaturated/α-hetero) is 2. The summed E-state index contributed by atoms with van der Waals surface area (Å²) in [5, 5.41) is 8.17. The molecule has 0 saturated carbocycles. The molecule has 0 saturated heterocycles. The van der Waals surface area contributed by atoms with Gasteiger partial charge >= 0.3 is 30.5 Å². The molecule has 0 heterocycles. The molecule has 0 aliphatic heterocycles. The van der Waals surface area contributed by atoms with Gasteiger partial charge in [0.2, 0.25) is 5.91 Å². The second-order valence-electron chi connectivity index (χ2n) is 34.4. The van der Waals surface area contributed by atoms with E-state index in [9.17, 15) is 19.2 Å². The van der Waals surface area contributed by atoms with Gasteiger partial charge in [0.05, 0.1) is 155 Å². The van der Waals surface area contributed by atoms with E-state index in [1.54, 1.807) is 13.8 Å². The van der Waals surface area contributed by atoms with Gasteiger partial charge in [0.1, 0.15) is 28.0 Å². The van der Waals surface area contributed by atoms with Gasteiger partial charge in [0.25, 0.3) is 23.6 Å². The molecule has 0 N–H and O–H groups in total. The molecule has 10 amide bonds. The van der Waals surface area contributed by atoms with E-state index in [1.807, 2.05) is 6.92 Å². The van der Waals surface area contributed by atoms with Crippen molar-refractivity contribution in [2.75, 3.05) is 177 Å². The third kappa shape index (κ3) is 34.5. The lowest BCUT2D eigenvalue weighted by molar-refractivity contribution is -0.126. The molecule has 5 rings (SSSR count). The Kier molecular flexibility index (Phi) is 45.5. The fraction of sp³-hybridized carbons (Fsp3) is 0.527. The van der Waals surface area contributed by atoms with Crippen molar-refractivity contribution in [3.63, 3.8) is 0 Å². The van der Waals surface area contributed by atoms with Crippen LogP contribution in [0.2, 0.25) is 25.1 Å². The molecule has 0 unspecified atom stereocenters. The smallest absolute Gasteiger partial charge is 0.435 e. The van der Waals surface area contributed by atoms with Crippen LogP contribution >= 0.6 is 58.0 Å². The number of carbonyl (C=O) groups is 12. The minimum absolute atomic E-state index is 0.00134. The van der Waals surface area contributed by atoms with E-state index in [2.05, 4.69) is 10.2 Å². The number of ketones is 2. The van der Waals surface area contributed by atoms with Crippen molar-refractivity contribution < 1.29 is 133 Å². The van der Waals surface area contributed by atoms with Crippen LogP contribution in [0.3, 0.4) is 0 Å². The Morgan fingerprint density at radius 2 is 0.657 bits per heavy atom. The fourth-order valence-corrected chi connectivity index (χ4v) is 13.1. The summed E-state index contributed by atoms with van der Waals surface area (Å²) in [5.74, 6) is -9.22. The Bertz CT molecular complexity index is 4720.